The molecule has 1 saturated heterocycles. The van der Waals surface area contributed by atoms with Crippen molar-refractivity contribution in [1.29, 1.82) is 0 Å². The number of aliphatic imine (C=N–C) groups is 1. The predicted octanol–water partition coefficient (Wildman–Crippen LogP) is 6.14. The van der Waals surface area contributed by atoms with Crippen molar-refractivity contribution >= 4 is 56.7 Å². The lowest BCUT2D eigenvalue weighted by molar-refractivity contribution is -0.115. The molecule has 2 aromatic carbocycles. The number of aromatic nitrogens is 2. The highest BCUT2D eigenvalue weighted by atomic mass is 32.2. The van der Waals surface area contributed by atoms with Gasteiger partial charge in [-0.25, -0.2) is 9.97 Å². The molecular weight excluding hydrogens is 472 g/mol. The summed E-state index contributed by atoms with van der Waals surface area (Å²) >= 11 is 4.36. The van der Waals surface area contributed by atoms with Crippen LogP contribution in [0.25, 0.3) is 27.2 Å². The first kappa shape index (κ1) is 21.6. The normalized spacial score (nSPS) is 15.9. The Labute approximate surface area is 203 Å². The molecular formula is C24H18N4O2S3. The number of carbonyl (C=O) groups is 1. The lowest BCUT2D eigenvalue weighted by Crippen LogP contribution is -2.19. The second kappa shape index (κ2) is 9.30. The fourth-order valence-corrected chi connectivity index (χ4v) is 5.85. The predicted molar refractivity (Wildman–Crippen MR) is 137 cm³/mol. The van der Waals surface area contributed by atoms with Crippen LogP contribution in [0.1, 0.15) is 11.3 Å². The summed E-state index contributed by atoms with van der Waals surface area (Å²) in [5.41, 5.74) is 3.80. The van der Waals surface area contributed by atoms with Crippen LogP contribution < -0.4 is 10.1 Å². The number of carbonyl (C=O) groups excluding carboxylic acids is 1. The molecule has 3 heterocycles. The molecule has 0 aliphatic carbocycles. The summed E-state index contributed by atoms with van der Waals surface area (Å²) in [4.78, 5) is 27.9. The first-order chi connectivity index (χ1) is 16.1. The second-order valence-electron chi connectivity index (χ2n) is 7.07. The molecule has 0 bridgehead atoms. The van der Waals surface area contributed by atoms with Crippen LogP contribution >= 0.6 is 34.4 Å². The quantitative estimate of drug-likeness (QED) is 0.340. The van der Waals surface area contributed by atoms with Crippen LogP contribution in [0.4, 0.5) is 5.13 Å². The van der Waals surface area contributed by atoms with Gasteiger partial charge in [-0.1, -0.05) is 42.5 Å². The molecule has 0 radical (unpaired) electrons. The molecule has 1 aliphatic heterocycles. The molecule has 0 spiro atoms. The highest BCUT2D eigenvalue weighted by molar-refractivity contribution is 8.18. The van der Waals surface area contributed by atoms with E-state index in [1.165, 1.54) is 23.1 Å². The largest absolute Gasteiger partial charge is 0.497 e. The summed E-state index contributed by atoms with van der Waals surface area (Å²) in [5, 5.41) is 6.87. The number of thioether (sulfide) groups is 1. The van der Waals surface area contributed by atoms with Crippen LogP contribution in [0.3, 0.4) is 0 Å². The Morgan fingerprint density at radius 1 is 1.06 bits per heavy atom. The fourth-order valence-electron chi connectivity index (χ4n) is 3.18. The number of hydrogen-bond donors (Lipinski definition) is 1. The number of benzene rings is 2. The van der Waals surface area contributed by atoms with Gasteiger partial charge in [0.25, 0.3) is 5.91 Å². The Balaban J connectivity index is 1.34. The van der Waals surface area contributed by atoms with Gasteiger partial charge in [0.1, 0.15) is 10.8 Å². The summed E-state index contributed by atoms with van der Waals surface area (Å²) in [5.74, 6) is 0.603. The van der Waals surface area contributed by atoms with Crippen LogP contribution in [0, 0.1) is 6.92 Å². The molecule has 1 amide bonds. The zero-order valence-electron chi connectivity index (χ0n) is 17.7. The molecule has 4 aromatic rings. The Bertz CT molecular complexity index is 1370. The van der Waals surface area contributed by atoms with Gasteiger partial charge in [0.15, 0.2) is 5.17 Å². The number of amidine groups is 1. The van der Waals surface area contributed by atoms with E-state index < -0.39 is 0 Å². The molecule has 0 atom stereocenters. The fraction of sp³-hybridized carbons (Fsp3) is 0.0833. The van der Waals surface area contributed by atoms with Crippen molar-refractivity contribution in [2.45, 2.75) is 6.92 Å². The summed E-state index contributed by atoms with van der Waals surface area (Å²) < 4.78 is 5.18. The van der Waals surface area contributed by atoms with Crippen molar-refractivity contribution < 1.29 is 9.53 Å². The molecule has 6 nitrogen and oxygen atoms in total. The van der Waals surface area contributed by atoms with Crippen molar-refractivity contribution in [1.82, 2.24) is 15.3 Å². The van der Waals surface area contributed by atoms with Crippen LogP contribution in [0.5, 0.6) is 5.75 Å². The molecule has 0 saturated carbocycles. The average molecular weight is 491 g/mol. The second-order valence-corrected chi connectivity index (χ2v) is 9.94. The third kappa shape index (κ3) is 4.75. The first-order valence-corrected chi connectivity index (χ1v) is 12.5. The molecule has 164 valence electrons. The first-order valence-electron chi connectivity index (χ1n) is 10.0. The maximum atomic E-state index is 12.4. The van der Waals surface area contributed by atoms with E-state index in [0.29, 0.717) is 15.2 Å². The van der Waals surface area contributed by atoms with Gasteiger partial charge in [0.05, 0.1) is 28.3 Å². The maximum Gasteiger partial charge on any atom is 0.264 e. The van der Waals surface area contributed by atoms with Gasteiger partial charge in [0.2, 0.25) is 5.13 Å². The van der Waals surface area contributed by atoms with Gasteiger partial charge in [0, 0.05) is 10.9 Å². The summed E-state index contributed by atoms with van der Waals surface area (Å²) in [7, 11) is 1.62. The number of rotatable bonds is 5. The minimum atomic E-state index is -0.169. The van der Waals surface area contributed by atoms with Crippen LogP contribution in [0.15, 0.2) is 69.9 Å². The molecule has 2 aromatic heterocycles. The van der Waals surface area contributed by atoms with E-state index in [1.807, 2.05) is 60.8 Å². The Morgan fingerprint density at radius 3 is 2.61 bits per heavy atom. The number of nitrogens with one attached hydrogen (secondary N) is 1. The van der Waals surface area contributed by atoms with E-state index in [-0.39, 0.29) is 5.91 Å². The average Bonchev–Trinajstić information content (AvgIpc) is 3.54. The molecule has 5 rings (SSSR count). The molecule has 0 unspecified atom stereocenters. The van der Waals surface area contributed by atoms with Gasteiger partial charge in [-0.2, -0.15) is 4.99 Å². The highest BCUT2D eigenvalue weighted by Crippen LogP contribution is 2.37. The van der Waals surface area contributed by atoms with Gasteiger partial charge >= 0.3 is 0 Å². The van der Waals surface area contributed by atoms with E-state index in [4.69, 9.17) is 9.72 Å². The Hall–Kier alpha value is -3.27. The van der Waals surface area contributed by atoms with Crippen molar-refractivity contribution in [3.8, 4) is 26.9 Å². The maximum absolute atomic E-state index is 12.4. The Morgan fingerprint density at radius 2 is 1.85 bits per heavy atom. The third-order valence-electron chi connectivity index (χ3n) is 4.80. The monoisotopic (exact) mass is 490 g/mol. The number of ether oxygens (including phenoxy) is 1. The van der Waals surface area contributed by atoms with Gasteiger partial charge in [-0.3, -0.25) is 4.79 Å². The summed E-state index contributed by atoms with van der Waals surface area (Å²) in [6.45, 7) is 1.99. The van der Waals surface area contributed by atoms with Gasteiger partial charge in [-0.05, 0) is 42.5 Å². The van der Waals surface area contributed by atoms with E-state index >= 15 is 0 Å². The Kier molecular flexibility index (Phi) is 6.08. The van der Waals surface area contributed by atoms with Crippen LogP contribution in [0.2, 0.25) is 0 Å². The summed E-state index contributed by atoms with van der Waals surface area (Å²) in [6.07, 6.45) is 1.83. The van der Waals surface area contributed by atoms with Crippen molar-refractivity contribution in [3.63, 3.8) is 0 Å². The van der Waals surface area contributed by atoms with Crippen molar-refractivity contribution in [2.75, 3.05) is 7.11 Å². The smallest absolute Gasteiger partial charge is 0.264 e. The third-order valence-corrected chi connectivity index (χ3v) is 7.68. The minimum Gasteiger partial charge on any atom is -0.497 e. The topological polar surface area (TPSA) is 76.5 Å². The highest BCUT2D eigenvalue weighted by Gasteiger charge is 2.24. The van der Waals surface area contributed by atoms with Gasteiger partial charge in [-0.15, -0.1) is 22.7 Å². The molecule has 1 fully saturated rings. The van der Waals surface area contributed by atoms with Crippen LogP contribution in [-0.2, 0) is 4.79 Å². The van der Waals surface area contributed by atoms with E-state index in [0.717, 1.165) is 38.1 Å². The SMILES string of the molecule is COc1ccc(/C=C2/S/C(=N/c3nc(-c4sc(-c5ccccc5)nc4C)cs3)NC2=O)cc1. The number of methoxy groups -OCH3 is 1. The number of thiazole rings is 2. The van der Waals surface area contributed by atoms with E-state index in [9.17, 15) is 4.79 Å². The molecule has 1 aliphatic rings. The number of amides is 1. The van der Waals surface area contributed by atoms with Gasteiger partial charge < -0.3 is 10.1 Å². The standard InChI is InChI=1S/C24H18N4O2S3/c1-14-20(33-22(25-14)16-6-4-3-5-7-16)18-13-31-23(26-18)28-24-27-21(29)19(32-24)12-15-8-10-17(30-2)11-9-15/h3-13H,1-2H3,(H,26,27,28,29)/b19-12+. The molecule has 9 heteroatoms. The minimum absolute atomic E-state index is 0.169. The zero-order chi connectivity index (χ0) is 22.8. The number of nitrogens with zero attached hydrogens (tertiary/aromatic N) is 3. The van der Waals surface area contributed by atoms with Crippen LogP contribution in [-0.4, -0.2) is 28.2 Å². The zero-order valence-corrected chi connectivity index (χ0v) is 20.2. The van der Waals surface area contributed by atoms with E-state index in [1.54, 1.807) is 18.4 Å². The molecule has 1 N–H and O–H groups in total. The lowest BCUT2D eigenvalue weighted by atomic mass is 10.2. The lowest BCUT2D eigenvalue weighted by Gasteiger charge is -1.99. The van der Waals surface area contributed by atoms with Crippen molar-refractivity contribution in [3.05, 3.63) is 76.1 Å². The number of aryl methyl sites for hydroxylation is 1. The summed E-state index contributed by atoms with van der Waals surface area (Å²) in [6, 6.07) is 17.7. The van der Waals surface area contributed by atoms with E-state index in [2.05, 4.69) is 27.4 Å². The number of hydrogen-bond acceptors (Lipinski definition) is 8. The molecule has 33 heavy (non-hydrogen) atoms. The van der Waals surface area contributed by atoms with Crippen molar-refractivity contribution in [2.24, 2.45) is 4.99 Å².